The third kappa shape index (κ3) is 7.98. The van der Waals surface area contributed by atoms with Crippen molar-refractivity contribution in [2.24, 2.45) is 4.99 Å². The molecule has 6 nitrogen and oxygen atoms in total. The van der Waals surface area contributed by atoms with Crippen molar-refractivity contribution in [3.8, 4) is 0 Å². The van der Waals surface area contributed by atoms with Gasteiger partial charge in [-0.25, -0.2) is 4.39 Å². The van der Waals surface area contributed by atoms with Crippen LogP contribution in [0.4, 0.5) is 4.39 Å². The van der Waals surface area contributed by atoms with Gasteiger partial charge in [-0.05, 0) is 45.4 Å². The van der Waals surface area contributed by atoms with Gasteiger partial charge in [-0.2, -0.15) is 0 Å². The van der Waals surface area contributed by atoms with E-state index in [1.165, 1.54) is 24.3 Å². The summed E-state index contributed by atoms with van der Waals surface area (Å²) >= 11 is 0. The molecule has 0 radical (unpaired) electrons. The van der Waals surface area contributed by atoms with Crippen LogP contribution in [-0.4, -0.2) is 54.1 Å². The van der Waals surface area contributed by atoms with Gasteiger partial charge in [-0.15, -0.1) is 0 Å². The van der Waals surface area contributed by atoms with E-state index >= 15 is 0 Å². The average molecular weight is 352 g/mol. The van der Waals surface area contributed by atoms with Gasteiger partial charge < -0.3 is 20.6 Å². The molecule has 1 aromatic rings. The Kier molecular flexibility index (Phi) is 7.83. The van der Waals surface area contributed by atoms with Crippen molar-refractivity contribution in [3.05, 3.63) is 35.6 Å². The van der Waals surface area contributed by atoms with Crippen LogP contribution in [0.25, 0.3) is 0 Å². The third-order valence-electron chi connectivity index (χ3n) is 3.26. The number of aliphatic imine (C=N–C) groups is 1. The summed E-state index contributed by atoms with van der Waals surface area (Å²) in [6.45, 7) is 8.58. The Morgan fingerprint density at radius 1 is 1.32 bits per heavy atom. The molecule has 0 aromatic heterocycles. The van der Waals surface area contributed by atoms with Gasteiger partial charge in [0.1, 0.15) is 5.82 Å². The number of aliphatic hydroxyl groups is 1. The van der Waals surface area contributed by atoms with Crippen LogP contribution in [0.15, 0.2) is 29.3 Å². The summed E-state index contributed by atoms with van der Waals surface area (Å²) in [5, 5.41) is 16.2. The molecule has 0 saturated carbocycles. The van der Waals surface area contributed by atoms with Gasteiger partial charge in [0.15, 0.2) is 5.96 Å². The number of amides is 1. The van der Waals surface area contributed by atoms with Gasteiger partial charge in [0, 0.05) is 19.1 Å². The topological polar surface area (TPSA) is 77.0 Å². The van der Waals surface area contributed by atoms with Crippen LogP contribution in [0.2, 0.25) is 0 Å². The Balaban J connectivity index is 2.71. The Morgan fingerprint density at radius 3 is 2.44 bits per heavy atom. The van der Waals surface area contributed by atoms with Crippen LogP contribution >= 0.6 is 0 Å². The summed E-state index contributed by atoms with van der Waals surface area (Å²) in [4.78, 5) is 18.1. The molecule has 1 amide bonds. The Labute approximate surface area is 149 Å². The molecule has 0 saturated heterocycles. The number of aliphatic hydroxyl groups excluding tert-OH is 1. The first-order valence-corrected chi connectivity index (χ1v) is 8.36. The molecule has 0 fully saturated rings. The van der Waals surface area contributed by atoms with Gasteiger partial charge in [0.2, 0.25) is 5.91 Å². The lowest BCUT2D eigenvalue weighted by molar-refractivity contribution is -0.122. The largest absolute Gasteiger partial charge is 0.386 e. The van der Waals surface area contributed by atoms with Crippen molar-refractivity contribution in [3.63, 3.8) is 0 Å². The number of rotatable bonds is 6. The Hall–Kier alpha value is -2.15. The zero-order valence-corrected chi connectivity index (χ0v) is 15.6. The van der Waals surface area contributed by atoms with Crippen LogP contribution in [0, 0.1) is 5.82 Å². The molecule has 0 aliphatic rings. The van der Waals surface area contributed by atoms with E-state index in [2.05, 4.69) is 15.6 Å². The highest BCUT2D eigenvalue weighted by Gasteiger charge is 2.17. The van der Waals surface area contributed by atoms with Crippen molar-refractivity contribution in [1.29, 1.82) is 0 Å². The number of carbonyl (C=O) groups excluding carboxylic acids is 1. The molecule has 25 heavy (non-hydrogen) atoms. The maximum atomic E-state index is 12.9. The third-order valence-corrected chi connectivity index (χ3v) is 3.26. The fourth-order valence-corrected chi connectivity index (χ4v) is 2.18. The lowest BCUT2D eigenvalue weighted by Gasteiger charge is -2.25. The quantitative estimate of drug-likeness (QED) is 0.538. The number of likely N-dealkylation sites (N-methyl/N-ethyl adjacent to an activating group) is 1. The van der Waals surface area contributed by atoms with Crippen molar-refractivity contribution < 1.29 is 14.3 Å². The van der Waals surface area contributed by atoms with Crippen molar-refractivity contribution in [2.45, 2.75) is 39.3 Å². The van der Waals surface area contributed by atoms with Crippen molar-refractivity contribution in [2.75, 3.05) is 26.7 Å². The minimum absolute atomic E-state index is 0.110. The number of hydrogen-bond donors (Lipinski definition) is 3. The minimum atomic E-state index is -0.842. The highest BCUT2D eigenvalue weighted by molar-refractivity contribution is 5.86. The molecular weight excluding hydrogens is 323 g/mol. The molecule has 7 heteroatoms. The average Bonchev–Trinajstić information content (AvgIpc) is 2.49. The van der Waals surface area contributed by atoms with Gasteiger partial charge in [-0.1, -0.05) is 12.1 Å². The van der Waals surface area contributed by atoms with E-state index in [0.29, 0.717) is 18.1 Å². The highest BCUT2D eigenvalue weighted by atomic mass is 19.1. The zero-order valence-electron chi connectivity index (χ0n) is 15.6. The normalized spacial score (nSPS) is 13.3. The number of carbonyl (C=O) groups is 1. The van der Waals surface area contributed by atoms with Crippen LogP contribution in [0.3, 0.4) is 0 Å². The van der Waals surface area contributed by atoms with E-state index in [-0.39, 0.29) is 30.4 Å². The smallest absolute Gasteiger partial charge is 0.240 e. The summed E-state index contributed by atoms with van der Waals surface area (Å²) < 4.78 is 12.9. The van der Waals surface area contributed by atoms with Crippen LogP contribution in [0.5, 0.6) is 0 Å². The predicted octanol–water partition coefficient (Wildman–Crippen LogP) is 1.67. The van der Waals surface area contributed by atoms with Crippen molar-refractivity contribution in [1.82, 2.24) is 15.5 Å². The van der Waals surface area contributed by atoms with E-state index in [4.69, 9.17) is 0 Å². The highest BCUT2D eigenvalue weighted by Crippen LogP contribution is 2.13. The zero-order chi connectivity index (χ0) is 19.0. The maximum Gasteiger partial charge on any atom is 0.240 e. The second-order valence-corrected chi connectivity index (χ2v) is 6.92. The molecule has 0 aliphatic carbocycles. The molecule has 0 heterocycles. The van der Waals surface area contributed by atoms with E-state index < -0.39 is 6.10 Å². The van der Waals surface area contributed by atoms with Crippen LogP contribution in [-0.2, 0) is 4.79 Å². The van der Waals surface area contributed by atoms with E-state index in [9.17, 15) is 14.3 Å². The van der Waals surface area contributed by atoms with Gasteiger partial charge in [0.25, 0.3) is 0 Å². The number of guanidine groups is 1. The van der Waals surface area contributed by atoms with Crippen molar-refractivity contribution >= 4 is 11.9 Å². The molecule has 3 N–H and O–H groups in total. The molecule has 1 atom stereocenters. The molecule has 140 valence electrons. The lowest BCUT2D eigenvalue weighted by Crippen LogP contribution is -2.48. The Bertz CT molecular complexity index is 582. The number of benzene rings is 1. The van der Waals surface area contributed by atoms with Gasteiger partial charge >= 0.3 is 0 Å². The van der Waals surface area contributed by atoms with E-state index in [1.807, 2.05) is 27.7 Å². The summed E-state index contributed by atoms with van der Waals surface area (Å²) in [5.41, 5.74) is 0.292. The molecule has 0 aliphatic heterocycles. The molecule has 0 bridgehead atoms. The second kappa shape index (κ2) is 9.36. The number of hydrogen-bond acceptors (Lipinski definition) is 3. The molecule has 1 rings (SSSR count). The summed E-state index contributed by atoms with van der Waals surface area (Å²) in [5.74, 6) is 0.0600. The minimum Gasteiger partial charge on any atom is -0.386 e. The second-order valence-electron chi connectivity index (χ2n) is 6.92. The first kappa shape index (κ1) is 20.9. The Morgan fingerprint density at radius 2 is 1.92 bits per heavy atom. The molecule has 1 aromatic carbocycles. The lowest BCUT2D eigenvalue weighted by atomic mass is 10.1. The van der Waals surface area contributed by atoms with Gasteiger partial charge in [0.05, 0.1) is 19.2 Å². The SMILES string of the molecule is CCNC(=NCC(O)c1ccc(F)cc1)N(C)CC(=O)NC(C)(C)C. The summed E-state index contributed by atoms with van der Waals surface area (Å²) in [7, 11) is 1.76. The van der Waals surface area contributed by atoms with Crippen LogP contribution in [0.1, 0.15) is 39.4 Å². The number of halogens is 1. The monoisotopic (exact) mass is 352 g/mol. The predicted molar refractivity (Wildman–Crippen MR) is 97.9 cm³/mol. The maximum absolute atomic E-state index is 12.9. The standard InChI is InChI=1S/C18H29FN4O2/c1-6-20-17(23(5)12-16(25)22-18(2,3)4)21-11-15(24)13-7-9-14(19)10-8-13/h7-10,15,24H,6,11-12H2,1-5H3,(H,20,21)(H,22,25). The fourth-order valence-electron chi connectivity index (χ4n) is 2.18. The van der Waals surface area contributed by atoms with E-state index in [0.717, 1.165) is 0 Å². The molecule has 0 spiro atoms. The fraction of sp³-hybridized carbons (Fsp3) is 0.556. The number of nitrogens with one attached hydrogen (secondary N) is 2. The number of nitrogens with zero attached hydrogens (tertiary/aromatic N) is 2. The first-order valence-electron chi connectivity index (χ1n) is 8.36. The first-order chi connectivity index (χ1) is 11.6. The summed E-state index contributed by atoms with van der Waals surface area (Å²) in [6, 6.07) is 5.67. The molecular formula is C18H29FN4O2. The summed E-state index contributed by atoms with van der Waals surface area (Å²) in [6.07, 6.45) is -0.842. The van der Waals surface area contributed by atoms with Crippen LogP contribution < -0.4 is 10.6 Å². The van der Waals surface area contributed by atoms with Gasteiger partial charge in [-0.3, -0.25) is 9.79 Å². The molecule has 1 unspecified atom stereocenters. The van der Waals surface area contributed by atoms with E-state index in [1.54, 1.807) is 11.9 Å².